The summed E-state index contributed by atoms with van der Waals surface area (Å²) in [6.45, 7) is 2.66. The number of amides is 2. The predicted octanol–water partition coefficient (Wildman–Crippen LogP) is 3.30. The number of halogens is 1. The van der Waals surface area contributed by atoms with E-state index in [2.05, 4.69) is 5.32 Å². The maximum absolute atomic E-state index is 12.9. The van der Waals surface area contributed by atoms with E-state index in [0.29, 0.717) is 17.8 Å². The molecular formula is C19H24ClN3O3. The first-order valence-electron chi connectivity index (χ1n) is 8.58. The number of likely N-dealkylation sites (tertiary alicyclic amines) is 1. The van der Waals surface area contributed by atoms with Crippen molar-refractivity contribution in [2.75, 3.05) is 11.9 Å². The number of carbonyl (C=O) groups excluding carboxylic acids is 2. The summed E-state index contributed by atoms with van der Waals surface area (Å²) in [5.41, 5.74) is 7.17. The molecule has 6 nitrogen and oxygen atoms in total. The molecule has 1 fully saturated rings. The second-order valence-corrected chi connectivity index (χ2v) is 6.43. The van der Waals surface area contributed by atoms with Gasteiger partial charge < -0.3 is 20.4 Å². The zero-order valence-electron chi connectivity index (χ0n) is 14.7. The monoisotopic (exact) mass is 377 g/mol. The lowest BCUT2D eigenvalue weighted by molar-refractivity contribution is 0.0583. The number of furan rings is 1. The Labute approximate surface area is 159 Å². The molecule has 0 saturated carbocycles. The fourth-order valence-electron chi connectivity index (χ4n) is 3.25. The van der Waals surface area contributed by atoms with Crippen LogP contribution in [0.2, 0.25) is 0 Å². The number of hydrogen-bond acceptors (Lipinski definition) is 4. The van der Waals surface area contributed by atoms with Crippen molar-refractivity contribution in [2.24, 2.45) is 5.73 Å². The van der Waals surface area contributed by atoms with Crippen molar-refractivity contribution < 1.29 is 14.0 Å². The highest BCUT2D eigenvalue weighted by molar-refractivity contribution is 6.03. The summed E-state index contributed by atoms with van der Waals surface area (Å²) in [5.74, 6) is -0.165. The summed E-state index contributed by atoms with van der Waals surface area (Å²) in [4.78, 5) is 26.9. The van der Waals surface area contributed by atoms with Crippen LogP contribution in [-0.2, 0) is 0 Å². The lowest BCUT2D eigenvalue weighted by Crippen LogP contribution is -2.51. The van der Waals surface area contributed by atoms with Gasteiger partial charge in [0, 0.05) is 29.9 Å². The largest absolute Gasteiger partial charge is 0.459 e. The summed E-state index contributed by atoms with van der Waals surface area (Å²) < 4.78 is 5.08. The minimum Gasteiger partial charge on any atom is -0.459 e. The molecule has 1 saturated heterocycles. The number of hydrogen-bond donors (Lipinski definition) is 2. The van der Waals surface area contributed by atoms with E-state index in [1.165, 1.54) is 6.26 Å². The Hall–Kier alpha value is -2.31. The van der Waals surface area contributed by atoms with Crippen LogP contribution in [0.4, 0.5) is 5.69 Å². The average Bonchev–Trinajstić information content (AvgIpc) is 3.16. The van der Waals surface area contributed by atoms with E-state index in [4.69, 9.17) is 10.2 Å². The van der Waals surface area contributed by atoms with Crippen molar-refractivity contribution in [2.45, 2.75) is 38.3 Å². The number of carbonyl (C=O) groups is 2. The molecule has 1 aromatic carbocycles. The molecule has 3 N–H and O–H groups in total. The van der Waals surface area contributed by atoms with Gasteiger partial charge in [-0.3, -0.25) is 9.59 Å². The van der Waals surface area contributed by atoms with Crippen LogP contribution < -0.4 is 11.1 Å². The molecule has 2 amide bonds. The van der Waals surface area contributed by atoms with Crippen LogP contribution >= 0.6 is 12.4 Å². The molecule has 0 radical (unpaired) electrons. The number of anilines is 1. The van der Waals surface area contributed by atoms with Gasteiger partial charge in [-0.1, -0.05) is 6.07 Å². The number of nitrogens with two attached hydrogens (primary N) is 1. The molecule has 2 atom stereocenters. The highest BCUT2D eigenvalue weighted by Gasteiger charge is 2.29. The van der Waals surface area contributed by atoms with Crippen molar-refractivity contribution in [1.29, 1.82) is 0 Å². The Balaban J connectivity index is 0.00000243. The average molecular weight is 378 g/mol. The van der Waals surface area contributed by atoms with Crippen LogP contribution in [0.1, 0.15) is 47.1 Å². The summed E-state index contributed by atoms with van der Waals surface area (Å²) in [6.07, 6.45) is 4.46. The third-order valence-corrected chi connectivity index (χ3v) is 4.53. The second-order valence-electron chi connectivity index (χ2n) is 6.43. The van der Waals surface area contributed by atoms with E-state index in [-0.39, 0.29) is 42.1 Å². The Kier molecular flexibility index (Phi) is 6.83. The first-order valence-corrected chi connectivity index (χ1v) is 8.58. The first kappa shape index (κ1) is 20.0. The molecule has 0 bridgehead atoms. The van der Waals surface area contributed by atoms with Gasteiger partial charge in [-0.2, -0.15) is 0 Å². The van der Waals surface area contributed by atoms with Crippen LogP contribution in [0, 0.1) is 0 Å². The molecule has 1 aromatic heterocycles. The van der Waals surface area contributed by atoms with Crippen molar-refractivity contribution in [3.63, 3.8) is 0 Å². The van der Waals surface area contributed by atoms with Crippen LogP contribution in [0.25, 0.3) is 0 Å². The lowest BCUT2D eigenvalue weighted by atomic mass is 9.96. The lowest BCUT2D eigenvalue weighted by Gasteiger charge is -2.38. The zero-order chi connectivity index (χ0) is 17.8. The molecule has 2 heterocycles. The topological polar surface area (TPSA) is 88.6 Å². The minimum atomic E-state index is -0.346. The highest BCUT2D eigenvalue weighted by atomic mass is 35.5. The van der Waals surface area contributed by atoms with Gasteiger partial charge in [0.25, 0.3) is 11.8 Å². The van der Waals surface area contributed by atoms with E-state index in [1.54, 1.807) is 36.4 Å². The fraction of sp³-hybridized carbons (Fsp3) is 0.368. The number of nitrogens with zero attached hydrogens (tertiary/aromatic N) is 1. The molecule has 2 unspecified atom stereocenters. The third-order valence-electron chi connectivity index (χ3n) is 4.53. The van der Waals surface area contributed by atoms with E-state index in [1.807, 2.05) is 11.8 Å². The fourth-order valence-corrected chi connectivity index (χ4v) is 3.25. The van der Waals surface area contributed by atoms with Gasteiger partial charge in [-0.05, 0) is 56.5 Å². The van der Waals surface area contributed by atoms with Crippen molar-refractivity contribution >= 4 is 29.9 Å². The molecule has 0 aliphatic carbocycles. The predicted molar refractivity (Wildman–Crippen MR) is 103 cm³/mol. The van der Waals surface area contributed by atoms with Crippen LogP contribution in [-0.4, -0.2) is 35.3 Å². The molecule has 1 aliphatic heterocycles. The second kappa shape index (κ2) is 8.87. The van der Waals surface area contributed by atoms with Crippen molar-refractivity contribution in [3.8, 4) is 0 Å². The summed E-state index contributed by atoms with van der Waals surface area (Å²) >= 11 is 0. The van der Waals surface area contributed by atoms with E-state index < -0.39 is 0 Å². The Morgan fingerprint density at radius 2 is 2.08 bits per heavy atom. The van der Waals surface area contributed by atoms with Gasteiger partial charge in [-0.15, -0.1) is 12.4 Å². The van der Waals surface area contributed by atoms with Gasteiger partial charge in [0.1, 0.15) is 0 Å². The molecule has 140 valence electrons. The highest BCUT2D eigenvalue weighted by Crippen LogP contribution is 2.22. The maximum Gasteiger partial charge on any atom is 0.291 e. The quantitative estimate of drug-likeness (QED) is 0.855. The number of nitrogens with one attached hydrogen (secondary N) is 1. The summed E-state index contributed by atoms with van der Waals surface area (Å²) in [5, 5.41) is 2.75. The smallest absolute Gasteiger partial charge is 0.291 e. The molecule has 1 aliphatic rings. The van der Waals surface area contributed by atoms with Crippen LogP contribution in [0.5, 0.6) is 0 Å². The van der Waals surface area contributed by atoms with Crippen LogP contribution in [0.3, 0.4) is 0 Å². The normalized spacial score (nSPS) is 17.9. The summed E-state index contributed by atoms with van der Waals surface area (Å²) in [6, 6.07) is 10.2. The van der Waals surface area contributed by atoms with E-state index in [0.717, 1.165) is 19.3 Å². The van der Waals surface area contributed by atoms with Gasteiger partial charge in [0.15, 0.2) is 5.76 Å². The molecule has 7 heteroatoms. The van der Waals surface area contributed by atoms with Crippen LogP contribution in [0.15, 0.2) is 47.1 Å². The van der Waals surface area contributed by atoms with Crippen molar-refractivity contribution in [3.05, 3.63) is 54.0 Å². The number of rotatable bonds is 4. The first-order chi connectivity index (χ1) is 12.1. The molecule has 0 spiro atoms. The van der Waals surface area contributed by atoms with Gasteiger partial charge in [0.05, 0.1) is 6.26 Å². The van der Waals surface area contributed by atoms with Gasteiger partial charge in [-0.25, -0.2) is 0 Å². The Morgan fingerprint density at radius 3 is 2.77 bits per heavy atom. The molecule has 3 rings (SSSR count). The standard InChI is InChI=1S/C19H23N3O3.ClH/c1-13(20)16-8-2-3-10-22(16)19(24)14-6-4-7-15(12-14)21-18(23)17-9-5-11-25-17;/h4-7,9,11-13,16H,2-3,8,10,20H2,1H3,(H,21,23);1H. The SMILES string of the molecule is CC(N)C1CCCCN1C(=O)c1cccc(NC(=O)c2ccco2)c1.Cl. The zero-order valence-corrected chi connectivity index (χ0v) is 15.5. The number of benzene rings is 1. The van der Waals surface area contributed by atoms with Gasteiger partial charge in [0.2, 0.25) is 0 Å². The minimum absolute atomic E-state index is 0. The molecular weight excluding hydrogens is 354 g/mol. The number of piperidine rings is 1. The van der Waals surface area contributed by atoms with Gasteiger partial charge >= 0.3 is 0 Å². The van der Waals surface area contributed by atoms with Crippen molar-refractivity contribution in [1.82, 2.24) is 4.90 Å². The summed E-state index contributed by atoms with van der Waals surface area (Å²) in [7, 11) is 0. The Morgan fingerprint density at radius 1 is 1.27 bits per heavy atom. The van der Waals surface area contributed by atoms with E-state index in [9.17, 15) is 9.59 Å². The van der Waals surface area contributed by atoms with E-state index >= 15 is 0 Å². The maximum atomic E-state index is 12.9. The Bertz CT molecular complexity index is 746. The molecule has 26 heavy (non-hydrogen) atoms. The molecule has 2 aromatic rings. The third kappa shape index (κ3) is 4.45.